The highest BCUT2D eigenvalue weighted by atomic mass is 16.1. The fourth-order valence-corrected chi connectivity index (χ4v) is 1.88. The zero-order valence-electron chi connectivity index (χ0n) is 10.3. The molecule has 98 valence electrons. The quantitative estimate of drug-likeness (QED) is 0.694. The van der Waals surface area contributed by atoms with Gasteiger partial charge in [0.15, 0.2) is 5.65 Å². The number of H-pyrrole nitrogens is 1. The highest BCUT2D eigenvalue weighted by molar-refractivity contribution is 5.48. The Labute approximate surface area is 108 Å². The summed E-state index contributed by atoms with van der Waals surface area (Å²) in [5.41, 5.74) is 0.243. The lowest BCUT2D eigenvalue weighted by Crippen LogP contribution is -2.23. The van der Waals surface area contributed by atoms with Gasteiger partial charge in [-0.1, -0.05) is 0 Å². The zero-order valence-corrected chi connectivity index (χ0v) is 10.3. The fourth-order valence-electron chi connectivity index (χ4n) is 1.88. The van der Waals surface area contributed by atoms with Crippen LogP contribution in [-0.2, 0) is 6.54 Å². The van der Waals surface area contributed by atoms with Crippen LogP contribution in [-0.4, -0.2) is 35.4 Å². The molecule has 8 heteroatoms. The van der Waals surface area contributed by atoms with E-state index in [1.165, 1.54) is 10.7 Å². The summed E-state index contributed by atoms with van der Waals surface area (Å²) in [6.45, 7) is 2.76. The van der Waals surface area contributed by atoms with Crippen molar-refractivity contribution >= 4 is 11.5 Å². The molecule has 2 N–H and O–H groups in total. The maximum Gasteiger partial charge on any atom is 0.348 e. The van der Waals surface area contributed by atoms with Crippen LogP contribution in [0.4, 0.5) is 5.82 Å². The van der Waals surface area contributed by atoms with E-state index in [-0.39, 0.29) is 11.7 Å². The molecule has 0 aromatic carbocycles. The van der Waals surface area contributed by atoms with E-state index in [9.17, 15) is 4.79 Å². The van der Waals surface area contributed by atoms with Gasteiger partial charge >= 0.3 is 5.69 Å². The third-order valence-corrected chi connectivity index (χ3v) is 2.72. The van der Waals surface area contributed by atoms with Gasteiger partial charge in [0.1, 0.15) is 12.1 Å². The molecule has 0 amide bonds. The smallest absolute Gasteiger partial charge is 0.348 e. The molecule has 0 saturated carbocycles. The summed E-state index contributed by atoms with van der Waals surface area (Å²) in [6, 6.07) is 3.76. The standard InChI is InChI=1S/C11H13N7O/c1-8(6-17-4-2-3-13-17)14-9-5-10-15-16-11(19)18(10)7-12-9/h2-5,7-8,14H,6H2,1H3,(H,16,19). The topological polar surface area (TPSA) is 92.9 Å². The average Bonchev–Trinajstić information content (AvgIpc) is 3.00. The first-order valence-electron chi connectivity index (χ1n) is 5.89. The van der Waals surface area contributed by atoms with Crippen LogP contribution in [0.1, 0.15) is 6.92 Å². The monoisotopic (exact) mass is 259 g/mol. The Morgan fingerprint density at radius 2 is 2.42 bits per heavy atom. The molecule has 3 rings (SSSR count). The number of fused-ring (bicyclic) bond motifs is 1. The second-order valence-electron chi connectivity index (χ2n) is 4.30. The van der Waals surface area contributed by atoms with Crippen molar-refractivity contribution in [1.82, 2.24) is 29.4 Å². The van der Waals surface area contributed by atoms with E-state index in [1.807, 2.05) is 23.9 Å². The number of nitrogens with one attached hydrogen (secondary N) is 2. The Hall–Kier alpha value is -2.64. The van der Waals surface area contributed by atoms with Crippen LogP contribution in [0.15, 0.2) is 35.6 Å². The molecule has 3 aromatic rings. The van der Waals surface area contributed by atoms with Gasteiger partial charge in [-0.15, -0.1) is 0 Å². The van der Waals surface area contributed by atoms with Gasteiger partial charge in [-0.25, -0.2) is 19.3 Å². The highest BCUT2D eigenvalue weighted by Crippen LogP contribution is 2.06. The summed E-state index contributed by atoms with van der Waals surface area (Å²) in [5, 5.41) is 13.6. The third kappa shape index (κ3) is 2.32. The molecule has 3 heterocycles. The van der Waals surface area contributed by atoms with Crippen molar-refractivity contribution in [2.45, 2.75) is 19.5 Å². The number of aromatic amines is 1. The molecule has 0 spiro atoms. The molecule has 0 radical (unpaired) electrons. The molecule has 0 saturated heterocycles. The van der Waals surface area contributed by atoms with Gasteiger partial charge in [-0.05, 0) is 13.0 Å². The second-order valence-corrected chi connectivity index (χ2v) is 4.30. The first kappa shape index (κ1) is 11.5. The van der Waals surface area contributed by atoms with E-state index in [2.05, 4.69) is 25.6 Å². The van der Waals surface area contributed by atoms with E-state index < -0.39 is 0 Å². The first-order chi connectivity index (χ1) is 9.22. The van der Waals surface area contributed by atoms with Crippen molar-refractivity contribution in [2.24, 2.45) is 0 Å². The maximum absolute atomic E-state index is 11.3. The van der Waals surface area contributed by atoms with E-state index in [4.69, 9.17) is 0 Å². The molecule has 0 aliphatic carbocycles. The summed E-state index contributed by atoms with van der Waals surface area (Å²) in [7, 11) is 0. The number of hydrogen-bond donors (Lipinski definition) is 2. The van der Waals surface area contributed by atoms with Gasteiger partial charge in [0.05, 0.1) is 6.54 Å². The summed E-state index contributed by atoms with van der Waals surface area (Å²) in [6.07, 6.45) is 5.10. The van der Waals surface area contributed by atoms with Gasteiger partial charge in [-0.3, -0.25) is 4.68 Å². The highest BCUT2D eigenvalue weighted by Gasteiger charge is 2.06. The van der Waals surface area contributed by atoms with Gasteiger partial charge < -0.3 is 5.32 Å². The minimum absolute atomic E-state index is 0.153. The summed E-state index contributed by atoms with van der Waals surface area (Å²) in [5.74, 6) is 0.672. The minimum Gasteiger partial charge on any atom is -0.366 e. The van der Waals surface area contributed by atoms with Crippen molar-refractivity contribution in [3.63, 3.8) is 0 Å². The lowest BCUT2D eigenvalue weighted by Gasteiger charge is -2.14. The molecule has 0 aliphatic heterocycles. The minimum atomic E-state index is -0.293. The van der Waals surface area contributed by atoms with Crippen LogP contribution < -0.4 is 11.0 Å². The summed E-state index contributed by atoms with van der Waals surface area (Å²) >= 11 is 0. The van der Waals surface area contributed by atoms with Gasteiger partial charge in [-0.2, -0.15) is 10.2 Å². The molecule has 1 atom stereocenters. The lowest BCUT2D eigenvalue weighted by molar-refractivity contribution is 0.559. The molecule has 0 fully saturated rings. The molecule has 3 aromatic heterocycles. The Bertz CT molecular complexity index is 727. The third-order valence-electron chi connectivity index (χ3n) is 2.72. The van der Waals surface area contributed by atoms with Crippen LogP contribution in [0.25, 0.3) is 5.65 Å². The molecule has 1 unspecified atom stereocenters. The van der Waals surface area contributed by atoms with Crippen molar-refractivity contribution in [1.29, 1.82) is 0 Å². The van der Waals surface area contributed by atoms with Crippen LogP contribution >= 0.6 is 0 Å². The Kier molecular flexibility index (Phi) is 2.75. The van der Waals surface area contributed by atoms with Crippen molar-refractivity contribution < 1.29 is 0 Å². The largest absolute Gasteiger partial charge is 0.366 e. The van der Waals surface area contributed by atoms with Crippen LogP contribution in [0.2, 0.25) is 0 Å². The molecule has 8 nitrogen and oxygen atoms in total. The van der Waals surface area contributed by atoms with Gasteiger partial charge in [0.2, 0.25) is 0 Å². The molecule has 19 heavy (non-hydrogen) atoms. The van der Waals surface area contributed by atoms with Crippen molar-refractivity contribution in [2.75, 3.05) is 5.32 Å². The van der Waals surface area contributed by atoms with Crippen molar-refractivity contribution in [3.8, 4) is 0 Å². The SMILES string of the molecule is CC(Cn1cccn1)Nc1cc2n[nH]c(=O)n2cn1. The Morgan fingerprint density at radius 1 is 1.53 bits per heavy atom. The van der Waals surface area contributed by atoms with E-state index in [0.717, 1.165) is 6.54 Å². The number of rotatable bonds is 4. The second kappa shape index (κ2) is 4.56. The normalized spacial score (nSPS) is 12.7. The maximum atomic E-state index is 11.3. The molecule has 0 aliphatic rings. The number of anilines is 1. The molecular formula is C11H13N7O. The van der Waals surface area contributed by atoms with Crippen LogP contribution in [0.3, 0.4) is 0 Å². The summed E-state index contributed by atoms with van der Waals surface area (Å²) in [4.78, 5) is 15.5. The number of hydrogen-bond acceptors (Lipinski definition) is 5. The Morgan fingerprint density at radius 3 is 3.21 bits per heavy atom. The number of nitrogens with zero attached hydrogens (tertiary/aromatic N) is 5. The predicted octanol–water partition coefficient (Wildman–Crippen LogP) is 0.115. The fraction of sp³-hybridized carbons (Fsp3) is 0.273. The Balaban J connectivity index is 1.75. The number of aromatic nitrogens is 6. The molecule has 0 bridgehead atoms. The van der Waals surface area contributed by atoms with E-state index in [0.29, 0.717) is 11.5 Å². The first-order valence-corrected chi connectivity index (χ1v) is 5.89. The molecular weight excluding hydrogens is 246 g/mol. The zero-order chi connectivity index (χ0) is 13.2. The van der Waals surface area contributed by atoms with Crippen LogP contribution in [0, 0.1) is 0 Å². The predicted molar refractivity (Wildman–Crippen MR) is 68.9 cm³/mol. The van der Waals surface area contributed by atoms with Crippen molar-refractivity contribution in [3.05, 3.63) is 41.3 Å². The lowest BCUT2D eigenvalue weighted by atomic mass is 10.3. The summed E-state index contributed by atoms with van der Waals surface area (Å²) < 4.78 is 3.19. The van der Waals surface area contributed by atoms with Crippen LogP contribution in [0.5, 0.6) is 0 Å². The average molecular weight is 259 g/mol. The van der Waals surface area contributed by atoms with Gasteiger partial charge in [0, 0.05) is 24.5 Å². The van der Waals surface area contributed by atoms with E-state index in [1.54, 1.807) is 12.3 Å². The van der Waals surface area contributed by atoms with Gasteiger partial charge in [0.25, 0.3) is 0 Å². The van der Waals surface area contributed by atoms with E-state index >= 15 is 0 Å².